The van der Waals surface area contributed by atoms with Crippen molar-refractivity contribution in [2.24, 2.45) is 0 Å². The van der Waals surface area contributed by atoms with Gasteiger partial charge in [-0.3, -0.25) is 14.5 Å². The van der Waals surface area contributed by atoms with Gasteiger partial charge in [-0.15, -0.1) is 0 Å². The number of ether oxygens (including phenoxy) is 1. The van der Waals surface area contributed by atoms with Crippen LogP contribution in [0.3, 0.4) is 0 Å². The molecule has 3 rings (SSSR count). The van der Waals surface area contributed by atoms with Gasteiger partial charge >= 0.3 is 5.97 Å². The first-order chi connectivity index (χ1) is 14.6. The van der Waals surface area contributed by atoms with Crippen molar-refractivity contribution in [3.05, 3.63) is 101 Å². The molecule has 0 aromatic heterocycles. The first kappa shape index (κ1) is 21.7. The van der Waals surface area contributed by atoms with Crippen LogP contribution in [0.1, 0.15) is 11.1 Å². The fraction of sp³-hybridized carbons (Fsp3) is 0.167. The highest BCUT2D eigenvalue weighted by molar-refractivity contribution is 9.10. The lowest BCUT2D eigenvalue weighted by molar-refractivity contribution is -0.148. The second kappa shape index (κ2) is 11.3. The van der Waals surface area contributed by atoms with Gasteiger partial charge in [0.05, 0.1) is 6.54 Å². The Balaban J connectivity index is 1.54. The average molecular weight is 467 g/mol. The lowest BCUT2D eigenvalue weighted by Crippen LogP contribution is -2.32. The van der Waals surface area contributed by atoms with E-state index in [2.05, 4.69) is 21.2 Å². The highest BCUT2D eigenvalue weighted by Gasteiger charge is 2.15. The second-order valence-corrected chi connectivity index (χ2v) is 7.75. The van der Waals surface area contributed by atoms with E-state index in [1.165, 1.54) is 0 Å². The first-order valence-electron chi connectivity index (χ1n) is 9.60. The third kappa shape index (κ3) is 7.46. The zero-order valence-electron chi connectivity index (χ0n) is 16.5. The molecule has 0 aliphatic heterocycles. The minimum absolute atomic E-state index is 0.0926. The number of benzene rings is 3. The summed E-state index contributed by atoms with van der Waals surface area (Å²) in [5.74, 6) is -0.809. The lowest BCUT2D eigenvalue weighted by atomic mass is 10.1. The van der Waals surface area contributed by atoms with Gasteiger partial charge in [0.25, 0.3) is 5.91 Å². The molecular formula is C24H23BrN2O3. The molecule has 5 nitrogen and oxygen atoms in total. The summed E-state index contributed by atoms with van der Waals surface area (Å²) in [6, 6.07) is 27.1. The number of hydrogen-bond acceptors (Lipinski definition) is 4. The number of amides is 1. The highest BCUT2D eigenvalue weighted by Crippen LogP contribution is 2.14. The molecule has 0 aliphatic rings. The van der Waals surface area contributed by atoms with Crippen LogP contribution in [0.15, 0.2) is 89.4 Å². The molecule has 0 radical (unpaired) electrons. The molecule has 1 N–H and O–H groups in total. The Labute approximate surface area is 184 Å². The summed E-state index contributed by atoms with van der Waals surface area (Å²) in [5.41, 5.74) is 2.86. The van der Waals surface area contributed by atoms with Crippen molar-refractivity contribution in [3.8, 4) is 0 Å². The SMILES string of the molecule is O=C(COC(=O)CN(Cc1ccccc1)Cc1ccccc1)Nc1ccc(Br)cc1. The molecule has 0 fully saturated rings. The van der Waals surface area contributed by atoms with Gasteiger partial charge in [0, 0.05) is 23.2 Å². The Hall–Kier alpha value is -2.96. The Morgan fingerprint density at radius 1 is 0.800 bits per heavy atom. The van der Waals surface area contributed by atoms with Gasteiger partial charge in [-0.05, 0) is 35.4 Å². The zero-order chi connectivity index (χ0) is 21.2. The van der Waals surface area contributed by atoms with Crippen LogP contribution in [0.4, 0.5) is 5.69 Å². The molecular weight excluding hydrogens is 444 g/mol. The van der Waals surface area contributed by atoms with Gasteiger partial charge in [0.1, 0.15) is 0 Å². The molecule has 3 aromatic rings. The van der Waals surface area contributed by atoms with Gasteiger partial charge in [-0.1, -0.05) is 76.6 Å². The topological polar surface area (TPSA) is 58.6 Å². The summed E-state index contributed by atoms with van der Waals surface area (Å²) in [7, 11) is 0. The predicted molar refractivity (Wildman–Crippen MR) is 121 cm³/mol. The van der Waals surface area contributed by atoms with Crippen LogP contribution < -0.4 is 5.32 Å². The van der Waals surface area contributed by atoms with E-state index in [4.69, 9.17) is 4.74 Å². The molecule has 0 saturated heterocycles. The number of nitrogens with zero attached hydrogens (tertiary/aromatic N) is 1. The number of carbonyl (C=O) groups excluding carboxylic acids is 2. The van der Waals surface area contributed by atoms with E-state index < -0.39 is 5.97 Å². The lowest BCUT2D eigenvalue weighted by Gasteiger charge is -2.21. The Morgan fingerprint density at radius 3 is 1.87 bits per heavy atom. The Morgan fingerprint density at radius 2 is 1.33 bits per heavy atom. The van der Waals surface area contributed by atoms with E-state index in [0.29, 0.717) is 18.8 Å². The number of nitrogens with one attached hydrogen (secondary N) is 1. The summed E-state index contributed by atoms with van der Waals surface area (Å²) in [4.78, 5) is 26.4. The molecule has 6 heteroatoms. The molecule has 0 bridgehead atoms. The van der Waals surface area contributed by atoms with Gasteiger partial charge in [0.2, 0.25) is 0 Å². The van der Waals surface area contributed by atoms with E-state index in [1.807, 2.05) is 77.7 Å². The third-order valence-corrected chi connectivity index (χ3v) is 4.87. The molecule has 0 aliphatic carbocycles. The highest BCUT2D eigenvalue weighted by atomic mass is 79.9. The van der Waals surface area contributed by atoms with E-state index in [0.717, 1.165) is 15.6 Å². The molecule has 30 heavy (non-hydrogen) atoms. The van der Waals surface area contributed by atoms with Gasteiger partial charge < -0.3 is 10.1 Å². The number of carbonyl (C=O) groups is 2. The van der Waals surface area contributed by atoms with Gasteiger partial charge in [-0.2, -0.15) is 0 Å². The Kier molecular flexibility index (Phi) is 8.18. The van der Waals surface area contributed by atoms with Crippen molar-refractivity contribution in [2.45, 2.75) is 13.1 Å². The van der Waals surface area contributed by atoms with Crippen LogP contribution in [-0.4, -0.2) is 29.9 Å². The number of anilines is 1. The van der Waals surface area contributed by atoms with Crippen LogP contribution in [0.5, 0.6) is 0 Å². The third-order valence-electron chi connectivity index (χ3n) is 4.34. The summed E-state index contributed by atoms with van der Waals surface area (Å²) >= 11 is 3.34. The van der Waals surface area contributed by atoms with Crippen LogP contribution in [-0.2, 0) is 27.4 Å². The monoisotopic (exact) mass is 466 g/mol. The maximum atomic E-state index is 12.4. The number of rotatable bonds is 9. The Bertz CT molecular complexity index is 906. The second-order valence-electron chi connectivity index (χ2n) is 6.83. The largest absolute Gasteiger partial charge is 0.455 e. The average Bonchev–Trinajstić information content (AvgIpc) is 2.75. The van der Waals surface area contributed by atoms with Crippen LogP contribution in [0.2, 0.25) is 0 Å². The first-order valence-corrected chi connectivity index (χ1v) is 10.4. The number of esters is 1. The van der Waals surface area contributed by atoms with Crippen molar-refractivity contribution in [1.29, 1.82) is 0 Å². The van der Waals surface area contributed by atoms with Crippen LogP contribution >= 0.6 is 15.9 Å². The molecule has 0 atom stereocenters. The van der Waals surface area contributed by atoms with E-state index in [9.17, 15) is 9.59 Å². The van der Waals surface area contributed by atoms with Crippen molar-refractivity contribution < 1.29 is 14.3 Å². The fourth-order valence-corrected chi connectivity index (χ4v) is 3.22. The van der Waals surface area contributed by atoms with Crippen molar-refractivity contribution in [2.75, 3.05) is 18.5 Å². The number of halogens is 1. The summed E-state index contributed by atoms with van der Waals surface area (Å²) in [6.45, 7) is 0.987. The molecule has 0 saturated carbocycles. The van der Waals surface area contributed by atoms with E-state index >= 15 is 0 Å². The predicted octanol–water partition coefficient (Wildman–Crippen LogP) is 4.63. The van der Waals surface area contributed by atoms with E-state index in [1.54, 1.807) is 12.1 Å². The fourth-order valence-electron chi connectivity index (χ4n) is 2.96. The quantitative estimate of drug-likeness (QED) is 0.466. The molecule has 0 heterocycles. The summed E-state index contributed by atoms with van der Waals surface area (Å²) < 4.78 is 6.12. The maximum Gasteiger partial charge on any atom is 0.320 e. The standard InChI is InChI=1S/C24H23BrN2O3/c25-21-11-13-22(14-12-21)26-23(28)18-30-24(29)17-27(15-19-7-3-1-4-8-19)16-20-9-5-2-6-10-20/h1-14H,15-18H2,(H,26,28). The normalized spacial score (nSPS) is 10.6. The molecule has 0 spiro atoms. The zero-order valence-corrected chi connectivity index (χ0v) is 18.0. The maximum absolute atomic E-state index is 12.4. The molecule has 0 unspecified atom stereocenters. The molecule has 3 aromatic carbocycles. The minimum atomic E-state index is -0.437. The van der Waals surface area contributed by atoms with Gasteiger partial charge in [-0.25, -0.2) is 0 Å². The van der Waals surface area contributed by atoms with Crippen molar-refractivity contribution >= 4 is 33.5 Å². The van der Waals surface area contributed by atoms with E-state index in [-0.39, 0.29) is 19.1 Å². The van der Waals surface area contributed by atoms with Crippen molar-refractivity contribution in [3.63, 3.8) is 0 Å². The van der Waals surface area contributed by atoms with Crippen molar-refractivity contribution in [1.82, 2.24) is 4.90 Å². The summed E-state index contributed by atoms with van der Waals surface area (Å²) in [5, 5.41) is 2.71. The number of hydrogen-bond donors (Lipinski definition) is 1. The summed E-state index contributed by atoms with van der Waals surface area (Å²) in [6.07, 6.45) is 0. The van der Waals surface area contributed by atoms with Crippen LogP contribution in [0, 0.1) is 0 Å². The van der Waals surface area contributed by atoms with Gasteiger partial charge in [0.15, 0.2) is 6.61 Å². The van der Waals surface area contributed by atoms with Crippen LogP contribution in [0.25, 0.3) is 0 Å². The molecule has 1 amide bonds. The minimum Gasteiger partial charge on any atom is -0.455 e. The molecule has 154 valence electrons. The smallest absolute Gasteiger partial charge is 0.320 e.